The lowest BCUT2D eigenvalue weighted by Gasteiger charge is -2.19. The molecule has 0 heterocycles. The maximum atomic E-state index is 12.2. The van der Waals surface area contributed by atoms with Gasteiger partial charge in [0.1, 0.15) is 5.60 Å². The van der Waals surface area contributed by atoms with Crippen LogP contribution in [0.15, 0.2) is 48.5 Å². The molecule has 29 heavy (non-hydrogen) atoms. The topological polar surface area (TPSA) is 123 Å². The standard InChI is InChI=1S/C21H26N4O4/c1-21(2,3)29-20(28)23-13-12-18(26)24-16-8-10-17(11-9-16)25-19(27)14-4-6-15(22)7-5-14/h4-11H,12-13,22H2,1-3H3,(H,23,28)(H,24,26)(H,25,27). The molecule has 2 aromatic rings. The highest BCUT2D eigenvalue weighted by Crippen LogP contribution is 2.15. The van der Waals surface area contributed by atoms with E-state index in [0.717, 1.165) is 0 Å². The van der Waals surface area contributed by atoms with E-state index in [1.165, 1.54) is 0 Å². The zero-order valence-corrected chi connectivity index (χ0v) is 16.7. The van der Waals surface area contributed by atoms with Crippen molar-refractivity contribution in [3.8, 4) is 0 Å². The molecule has 0 spiro atoms. The van der Waals surface area contributed by atoms with Crippen LogP contribution in [-0.4, -0.2) is 30.1 Å². The Bertz CT molecular complexity index is 856. The van der Waals surface area contributed by atoms with E-state index in [9.17, 15) is 14.4 Å². The SMILES string of the molecule is CC(C)(C)OC(=O)NCCC(=O)Nc1ccc(NC(=O)c2ccc(N)cc2)cc1. The molecule has 2 aromatic carbocycles. The van der Waals surface area contributed by atoms with Crippen molar-refractivity contribution in [1.29, 1.82) is 0 Å². The number of nitrogens with two attached hydrogens (primary N) is 1. The predicted octanol–water partition coefficient (Wildman–Crippen LogP) is 3.37. The van der Waals surface area contributed by atoms with Gasteiger partial charge in [0.05, 0.1) is 0 Å². The quantitative estimate of drug-likeness (QED) is 0.556. The van der Waals surface area contributed by atoms with E-state index >= 15 is 0 Å². The first kappa shape index (κ1) is 21.7. The number of hydrogen-bond donors (Lipinski definition) is 4. The second-order valence-electron chi connectivity index (χ2n) is 7.38. The molecule has 0 aromatic heterocycles. The van der Waals surface area contributed by atoms with E-state index < -0.39 is 11.7 Å². The Labute approximate surface area is 169 Å². The second kappa shape index (κ2) is 9.59. The summed E-state index contributed by atoms with van der Waals surface area (Å²) in [5.74, 6) is -0.505. The van der Waals surface area contributed by atoms with Gasteiger partial charge in [0.25, 0.3) is 5.91 Å². The van der Waals surface area contributed by atoms with Gasteiger partial charge in [-0.1, -0.05) is 0 Å². The van der Waals surface area contributed by atoms with Gasteiger partial charge in [-0.05, 0) is 69.3 Å². The highest BCUT2D eigenvalue weighted by atomic mass is 16.6. The van der Waals surface area contributed by atoms with Crippen molar-refractivity contribution in [3.63, 3.8) is 0 Å². The summed E-state index contributed by atoms with van der Waals surface area (Å²) in [4.78, 5) is 35.7. The van der Waals surface area contributed by atoms with Crippen molar-refractivity contribution in [1.82, 2.24) is 5.32 Å². The summed E-state index contributed by atoms with van der Waals surface area (Å²) >= 11 is 0. The number of benzene rings is 2. The first-order chi connectivity index (χ1) is 13.6. The molecule has 3 amide bonds. The Kier molecular flexibility index (Phi) is 7.19. The van der Waals surface area contributed by atoms with Crippen molar-refractivity contribution < 1.29 is 19.1 Å². The minimum Gasteiger partial charge on any atom is -0.444 e. The highest BCUT2D eigenvalue weighted by molar-refractivity contribution is 6.04. The molecule has 8 nitrogen and oxygen atoms in total. The molecule has 0 saturated carbocycles. The second-order valence-corrected chi connectivity index (χ2v) is 7.38. The lowest BCUT2D eigenvalue weighted by Crippen LogP contribution is -2.34. The Balaban J connectivity index is 1.78. The number of carbonyl (C=O) groups excluding carboxylic acids is 3. The van der Waals surface area contributed by atoms with Gasteiger partial charge in [0, 0.05) is 35.6 Å². The Morgan fingerprint density at radius 2 is 1.45 bits per heavy atom. The number of anilines is 3. The molecule has 0 saturated heterocycles. The van der Waals surface area contributed by atoms with Crippen LogP contribution in [0.4, 0.5) is 21.9 Å². The first-order valence-electron chi connectivity index (χ1n) is 9.16. The van der Waals surface area contributed by atoms with Crippen LogP contribution in [0, 0.1) is 0 Å². The van der Waals surface area contributed by atoms with Crippen LogP contribution in [-0.2, 0) is 9.53 Å². The molecule has 5 N–H and O–H groups in total. The average molecular weight is 398 g/mol. The number of hydrogen-bond acceptors (Lipinski definition) is 5. The van der Waals surface area contributed by atoms with Crippen molar-refractivity contribution in [2.45, 2.75) is 32.8 Å². The van der Waals surface area contributed by atoms with Gasteiger partial charge in [-0.25, -0.2) is 4.79 Å². The van der Waals surface area contributed by atoms with E-state index in [1.54, 1.807) is 69.3 Å². The molecule has 0 unspecified atom stereocenters. The summed E-state index contributed by atoms with van der Waals surface area (Å²) < 4.78 is 5.10. The fourth-order valence-corrected chi connectivity index (χ4v) is 2.29. The van der Waals surface area contributed by atoms with Gasteiger partial charge >= 0.3 is 6.09 Å². The third-order valence-corrected chi connectivity index (χ3v) is 3.62. The molecule has 8 heteroatoms. The van der Waals surface area contributed by atoms with Crippen LogP contribution in [0.25, 0.3) is 0 Å². The number of nitrogens with one attached hydrogen (secondary N) is 3. The van der Waals surface area contributed by atoms with Crippen molar-refractivity contribution in [3.05, 3.63) is 54.1 Å². The summed E-state index contributed by atoms with van der Waals surface area (Å²) in [6.07, 6.45) is -0.457. The first-order valence-corrected chi connectivity index (χ1v) is 9.16. The van der Waals surface area contributed by atoms with Crippen LogP contribution in [0.5, 0.6) is 0 Å². The van der Waals surface area contributed by atoms with Crippen molar-refractivity contribution >= 4 is 35.0 Å². The Morgan fingerprint density at radius 1 is 0.897 bits per heavy atom. The molecule has 154 valence electrons. The summed E-state index contributed by atoms with van der Waals surface area (Å²) in [7, 11) is 0. The van der Waals surface area contributed by atoms with Gasteiger partial charge < -0.3 is 26.4 Å². The fourth-order valence-electron chi connectivity index (χ4n) is 2.29. The highest BCUT2D eigenvalue weighted by Gasteiger charge is 2.16. The third kappa shape index (κ3) is 7.92. The number of ether oxygens (including phenoxy) is 1. The lowest BCUT2D eigenvalue weighted by atomic mass is 10.2. The number of nitrogen functional groups attached to an aromatic ring is 1. The smallest absolute Gasteiger partial charge is 0.407 e. The summed E-state index contributed by atoms with van der Waals surface area (Å²) in [5.41, 5.74) is 7.28. The minimum atomic E-state index is -0.586. The van der Waals surface area contributed by atoms with Gasteiger partial charge in [-0.2, -0.15) is 0 Å². The van der Waals surface area contributed by atoms with E-state index in [-0.39, 0.29) is 24.8 Å². The van der Waals surface area contributed by atoms with Gasteiger partial charge in [0.2, 0.25) is 5.91 Å². The Hall–Kier alpha value is -3.55. The zero-order valence-electron chi connectivity index (χ0n) is 16.7. The van der Waals surface area contributed by atoms with E-state index in [0.29, 0.717) is 22.6 Å². The normalized spacial score (nSPS) is 10.7. The minimum absolute atomic E-state index is 0.106. The number of amides is 3. The van der Waals surface area contributed by atoms with Crippen molar-refractivity contribution in [2.75, 3.05) is 22.9 Å². The van der Waals surface area contributed by atoms with Crippen LogP contribution < -0.4 is 21.7 Å². The number of rotatable bonds is 6. The maximum absolute atomic E-state index is 12.2. The molecule has 0 aliphatic carbocycles. The maximum Gasteiger partial charge on any atom is 0.407 e. The summed E-state index contributed by atoms with van der Waals surface area (Å²) in [5, 5.41) is 8.02. The van der Waals surface area contributed by atoms with Crippen LogP contribution in [0.3, 0.4) is 0 Å². The molecule has 0 bridgehead atoms. The molecule has 0 aliphatic heterocycles. The van der Waals surface area contributed by atoms with Crippen LogP contribution in [0.2, 0.25) is 0 Å². The van der Waals surface area contributed by atoms with Gasteiger partial charge in [0.15, 0.2) is 0 Å². The average Bonchev–Trinajstić information content (AvgIpc) is 2.62. The lowest BCUT2D eigenvalue weighted by molar-refractivity contribution is -0.116. The number of carbonyl (C=O) groups is 3. The van der Waals surface area contributed by atoms with Crippen LogP contribution in [0.1, 0.15) is 37.6 Å². The molecular weight excluding hydrogens is 372 g/mol. The molecule has 0 aliphatic rings. The van der Waals surface area contributed by atoms with Gasteiger partial charge in [-0.3, -0.25) is 9.59 Å². The number of alkyl carbamates (subject to hydrolysis) is 1. The van der Waals surface area contributed by atoms with Crippen LogP contribution >= 0.6 is 0 Å². The molecule has 0 fully saturated rings. The van der Waals surface area contributed by atoms with E-state index in [4.69, 9.17) is 10.5 Å². The van der Waals surface area contributed by atoms with Gasteiger partial charge in [-0.15, -0.1) is 0 Å². The predicted molar refractivity (Wildman–Crippen MR) is 113 cm³/mol. The monoisotopic (exact) mass is 398 g/mol. The molecule has 0 atom stereocenters. The molecule has 2 rings (SSSR count). The molecule has 0 radical (unpaired) electrons. The summed E-state index contributed by atoms with van der Waals surface area (Å²) in [6, 6.07) is 13.3. The summed E-state index contributed by atoms with van der Waals surface area (Å²) in [6.45, 7) is 5.46. The zero-order chi connectivity index (χ0) is 21.4. The largest absolute Gasteiger partial charge is 0.444 e. The van der Waals surface area contributed by atoms with Crippen molar-refractivity contribution in [2.24, 2.45) is 0 Å². The third-order valence-electron chi connectivity index (χ3n) is 3.62. The van der Waals surface area contributed by atoms with E-state index in [2.05, 4.69) is 16.0 Å². The Morgan fingerprint density at radius 3 is 2.00 bits per heavy atom. The van der Waals surface area contributed by atoms with E-state index in [1.807, 2.05) is 0 Å². The molecular formula is C21H26N4O4. The fraction of sp³-hybridized carbons (Fsp3) is 0.286.